The normalized spacial score (nSPS) is 11.4. The van der Waals surface area contributed by atoms with Crippen LogP contribution in [0.15, 0.2) is 18.2 Å². The molecule has 0 spiro atoms. The van der Waals surface area contributed by atoms with Gasteiger partial charge in [-0.15, -0.1) is 0 Å². The molecule has 1 amide bonds. The summed E-state index contributed by atoms with van der Waals surface area (Å²) in [7, 11) is 0. The fourth-order valence-electron chi connectivity index (χ4n) is 1.98. The first-order chi connectivity index (χ1) is 11.1. The second kappa shape index (κ2) is 6.81. The van der Waals surface area contributed by atoms with Crippen LogP contribution in [0.5, 0.6) is 0 Å². The van der Waals surface area contributed by atoms with E-state index in [-0.39, 0.29) is 35.7 Å². The van der Waals surface area contributed by atoms with Crippen LogP contribution in [0.1, 0.15) is 31.2 Å². The van der Waals surface area contributed by atoms with E-state index in [1.807, 2.05) is 0 Å². The summed E-state index contributed by atoms with van der Waals surface area (Å²) in [6.45, 7) is 2.95. The number of hydrogen-bond acceptors (Lipinski definition) is 4. The van der Waals surface area contributed by atoms with Crippen molar-refractivity contribution in [2.75, 3.05) is 5.32 Å². The summed E-state index contributed by atoms with van der Waals surface area (Å²) in [4.78, 5) is 26.6. The molecule has 1 heterocycles. The maximum atomic E-state index is 13.1. The molecule has 0 aliphatic heterocycles. The van der Waals surface area contributed by atoms with Gasteiger partial charge in [-0.3, -0.25) is 9.89 Å². The molecule has 0 saturated heterocycles. The van der Waals surface area contributed by atoms with Crippen LogP contribution in [0.2, 0.25) is 0 Å². The average molecular weight is 340 g/mol. The van der Waals surface area contributed by atoms with Crippen LogP contribution in [0.3, 0.4) is 0 Å². The van der Waals surface area contributed by atoms with E-state index < -0.39 is 17.6 Å². The van der Waals surface area contributed by atoms with E-state index in [2.05, 4.69) is 20.5 Å². The van der Waals surface area contributed by atoms with Gasteiger partial charge in [-0.05, 0) is 32.0 Å². The predicted octanol–water partition coefficient (Wildman–Crippen LogP) is 3.11. The van der Waals surface area contributed by atoms with Gasteiger partial charge in [-0.2, -0.15) is 18.3 Å². The highest BCUT2D eigenvalue weighted by Crippen LogP contribution is 2.34. The molecule has 2 N–H and O–H groups in total. The van der Waals surface area contributed by atoms with Crippen molar-refractivity contribution in [2.45, 2.75) is 32.9 Å². The van der Waals surface area contributed by atoms with Gasteiger partial charge in [-0.1, -0.05) is 0 Å². The molecule has 0 bridgehead atoms. The second-order valence-corrected chi connectivity index (χ2v) is 5.29. The summed E-state index contributed by atoms with van der Waals surface area (Å²) >= 11 is 0. The van der Waals surface area contributed by atoms with Gasteiger partial charge < -0.3 is 10.1 Å². The molecular formula is C15H15F3N4O2. The number of nitrogens with zero attached hydrogens (tertiary/aromatic N) is 2. The van der Waals surface area contributed by atoms with Gasteiger partial charge in [0.2, 0.25) is 5.91 Å². The number of benzene rings is 1. The number of alkyl halides is 3. The van der Waals surface area contributed by atoms with E-state index in [1.165, 1.54) is 13.0 Å². The molecule has 0 aliphatic carbocycles. The van der Waals surface area contributed by atoms with E-state index in [4.69, 9.17) is 0 Å². The quantitative estimate of drug-likeness (QED) is 0.875. The standard InChI is InChI=1S/C15H15F3N4O2/c1-8(23)3-4-13(24)20-12-6-10(14-19-9(2)21-22-14)5-11(7-12)15(16,17)18/h5-7H,3-4H2,1-2H3,(H,20,24)(H,19,21,22). The van der Waals surface area contributed by atoms with Crippen LogP contribution >= 0.6 is 0 Å². The van der Waals surface area contributed by atoms with Gasteiger partial charge >= 0.3 is 6.18 Å². The summed E-state index contributed by atoms with van der Waals surface area (Å²) in [5.74, 6) is -0.167. The molecule has 2 aromatic rings. The van der Waals surface area contributed by atoms with Crippen molar-refractivity contribution in [3.8, 4) is 11.4 Å². The highest BCUT2D eigenvalue weighted by Gasteiger charge is 2.31. The van der Waals surface area contributed by atoms with Gasteiger partial charge in [-0.25, -0.2) is 4.98 Å². The van der Waals surface area contributed by atoms with Crippen molar-refractivity contribution in [1.29, 1.82) is 0 Å². The van der Waals surface area contributed by atoms with Crippen LogP contribution in [0.25, 0.3) is 11.4 Å². The lowest BCUT2D eigenvalue weighted by atomic mass is 10.1. The van der Waals surface area contributed by atoms with Gasteiger partial charge in [0.15, 0.2) is 5.82 Å². The Kier molecular flexibility index (Phi) is 5.01. The highest BCUT2D eigenvalue weighted by atomic mass is 19.4. The largest absolute Gasteiger partial charge is 0.416 e. The fourth-order valence-corrected chi connectivity index (χ4v) is 1.98. The third-order valence-electron chi connectivity index (χ3n) is 3.10. The van der Waals surface area contributed by atoms with Gasteiger partial charge in [0.05, 0.1) is 5.56 Å². The third kappa shape index (κ3) is 4.64. The molecule has 2 rings (SSSR count). The number of Topliss-reactive ketones (excluding diaryl/α,β-unsaturated/α-hetero) is 1. The molecule has 1 aromatic heterocycles. The molecule has 0 fully saturated rings. The first-order valence-electron chi connectivity index (χ1n) is 7.06. The van der Waals surface area contributed by atoms with Crippen LogP contribution in [-0.2, 0) is 15.8 Å². The monoisotopic (exact) mass is 340 g/mol. The molecule has 0 unspecified atom stereocenters. The van der Waals surface area contributed by atoms with Gasteiger partial charge in [0.25, 0.3) is 0 Å². The second-order valence-electron chi connectivity index (χ2n) is 5.29. The fraction of sp³-hybridized carbons (Fsp3) is 0.333. The van der Waals surface area contributed by atoms with Crippen molar-refractivity contribution in [3.05, 3.63) is 29.6 Å². The van der Waals surface area contributed by atoms with E-state index in [1.54, 1.807) is 6.92 Å². The SMILES string of the molecule is CC(=O)CCC(=O)Nc1cc(-c2n[nH]c(C)n2)cc(C(F)(F)F)c1. The van der Waals surface area contributed by atoms with Gasteiger partial charge in [0, 0.05) is 24.1 Å². The smallest absolute Gasteiger partial charge is 0.326 e. The summed E-state index contributed by atoms with van der Waals surface area (Å²) in [5.41, 5.74) is -0.837. The minimum Gasteiger partial charge on any atom is -0.326 e. The summed E-state index contributed by atoms with van der Waals surface area (Å²) < 4.78 is 39.2. The molecule has 0 atom stereocenters. The Morgan fingerprint density at radius 2 is 1.92 bits per heavy atom. The number of ketones is 1. The van der Waals surface area contributed by atoms with Crippen LogP contribution in [-0.4, -0.2) is 26.9 Å². The molecule has 24 heavy (non-hydrogen) atoms. The van der Waals surface area contributed by atoms with Crippen molar-refractivity contribution >= 4 is 17.4 Å². The zero-order valence-electron chi connectivity index (χ0n) is 13.0. The van der Waals surface area contributed by atoms with E-state index in [0.717, 1.165) is 12.1 Å². The Labute approximate surface area is 135 Å². The van der Waals surface area contributed by atoms with E-state index >= 15 is 0 Å². The molecular weight excluding hydrogens is 325 g/mol. The van der Waals surface area contributed by atoms with E-state index in [9.17, 15) is 22.8 Å². The highest BCUT2D eigenvalue weighted by molar-refractivity contribution is 5.93. The van der Waals surface area contributed by atoms with Crippen molar-refractivity contribution in [1.82, 2.24) is 15.2 Å². The molecule has 9 heteroatoms. The molecule has 0 aliphatic rings. The van der Waals surface area contributed by atoms with Crippen LogP contribution < -0.4 is 5.32 Å². The number of hydrogen-bond donors (Lipinski definition) is 2. The van der Waals surface area contributed by atoms with Gasteiger partial charge in [0.1, 0.15) is 11.6 Å². The zero-order valence-corrected chi connectivity index (χ0v) is 13.0. The van der Waals surface area contributed by atoms with E-state index in [0.29, 0.717) is 5.82 Å². The summed E-state index contributed by atoms with van der Waals surface area (Å²) in [6, 6.07) is 3.09. The number of H-pyrrole nitrogens is 1. The summed E-state index contributed by atoms with van der Waals surface area (Å²) in [6.07, 6.45) is -4.65. The van der Waals surface area contributed by atoms with Crippen LogP contribution in [0.4, 0.5) is 18.9 Å². The predicted molar refractivity (Wildman–Crippen MR) is 80.1 cm³/mol. The lowest BCUT2D eigenvalue weighted by Crippen LogP contribution is -2.14. The Morgan fingerprint density at radius 1 is 1.21 bits per heavy atom. The van der Waals surface area contributed by atoms with Crippen molar-refractivity contribution < 1.29 is 22.8 Å². The number of nitrogens with one attached hydrogen (secondary N) is 2. The molecule has 6 nitrogen and oxygen atoms in total. The molecule has 0 radical (unpaired) electrons. The Balaban J connectivity index is 2.33. The first-order valence-corrected chi connectivity index (χ1v) is 7.06. The topological polar surface area (TPSA) is 87.7 Å². The number of carbonyl (C=O) groups is 2. The number of halogens is 3. The number of anilines is 1. The maximum absolute atomic E-state index is 13.1. The number of aryl methyl sites for hydroxylation is 1. The number of aromatic amines is 1. The zero-order chi connectivity index (χ0) is 17.9. The van der Waals surface area contributed by atoms with Crippen molar-refractivity contribution in [2.24, 2.45) is 0 Å². The minimum absolute atomic E-state index is 0.0256. The maximum Gasteiger partial charge on any atom is 0.416 e. The Hall–Kier alpha value is -2.71. The molecule has 0 saturated carbocycles. The Morgan fingerprint density at radius 3 is 2.46 bits per heavy atom. The minimum atomic E-state index is -4.58. The third-order valence-corrected chi connectivity index (χ3v) is 3.10. The summed E-state index contributed by atoms with van der Waals surface area (Å²) in [5, 5.41) is 8.75. The first kappa shape index (κ1) is 17.6. The van der Waals surface area contributed by atoms with Crippen LogP contribution in [0, 0.1) is 6.92 Å². The lowest BCUT2D eigenvalue weighted by Gasteiger charge is -2.12. The number of aromatic nitrogens is 3. The lowest BCUT2D eigenvalue weighted by molar-refractivity contribution is -0.137. The average Bonchev–Trinajstić information content (AvgIpc) is 2.90. The number of amides is 1. The Bertz CT molecular complexity index is 768. The molecule has 128 valence electrons. The number of rotatable bonds is 5. The van der Waals surface area contributed by atoms with Crippen molar-refractivity contribution in [3.63, 3.8) is 0 Å². The molecule has 1 aromatic carbocycles. The number of carbonyl (C=O) groups excluding carboxylic acids is 2.